The van der Waals surface area contributed by atoms with E-state index in [2.05, 4.69) is 9.71 Å². The Morgan fingerprint density at radius 3 is 2.60 bits per heavy atom. The highest BCUT2D eigenvalue weighted by molar-refractivity contribution is 7.92. The van der Waals surface area contributed by atoms with Gasteiger partial charge in [-0.2, -0.15) is 0 Å². The molecule has 0 spiro atoms. The van der Waals surface area contributed by atoms with Gasteiger partial charge in [-0.15, -0.1) is 0 Å². The average Bonchev–Trinajstić information content (AvgIpc) is 2.41. The van der Waals surface area contributed by atoms with Gasteiger partial charge in [0.15, 0.2) is 7.85 Å². The van der Waals surface area contributed by atoms with E-state index < -0.39 is 10.0 Å². The molecule has 0 aliphatic carbocycles. The van der Waals surface area contributed by atoms with Gasteiger partial charge in [0.25, 0.3) is 0 Å². The third-order valence-electron chi connectivity index (χ3n) is 2.86. The fraction of sp³-hybridized carbons (Fsp3) is 0.154. The molecule has 0 fully saturated rings. The summed E-state index contributed by atoms with van der Waals surface area (Å²) >= 11 is 0. The number of anilines is 2. The highest BCUT2D eigenvalue weighted by Crippen LogP contribution is 2.18. The van der Waals surface area contributed by atoms with Crippen molar-refractivity contribution in [1.82, 2.24) is 4.98 Å². The molecule has 0 atom stereocenters. The Morgan fingerprint density at radius 1 is 1.20 bits per heavy atom. The molecular weight excluding hydrogens is 273 g/mol. The predicted octanol–water partition coefficient (Wildman–Crippen LogP) is -0.0934. The summed E-state index contributed by atoms with van der Waals surface area (Å²) in [5.74, 6) is -0.00786. The minimum Gasteiger partial charge on any atom is -0.397 e. The van der Waals surface area contributed by atoms with Crippen molar-refractivity contribution in [2.45, 2.75) is 6.42 Å². The highest BCUT2D eigenvalue weighted by Gasteiger charge is 2.12. The van der Waals surface area contributed by atoms with E-state index in [0.717, 1.165) is 11.2 Å². The summed E-state index contributed by atoms with van der Waals surface area (Å²) < 4.78 is 26.5. The van der Waals surface area contributed by atoms with Crippen molar-refractivity contribution in [3.63, 3.8) is 0 Å². The lowest BCUT2D eigenvalue weighted by Crippen LogP contribution is -2.19. The molecule has 3 N–H and O–H groups in total. The Morgan fingerprint density at radius 2 is 1.95 bits per heavy atom. The Kier molecular flexibility index (Phi) is 4.29. The summed E-state index contributed by atoms with van der Waals surface area (Å²) in [6, 6.07) is 10.5. The first kappa shape index (κ1) is 14.4. The summed E-state index contributed by atoms with van der Waals surface area (Å²) in [5, 5.41) is 0. The van der Waals surface area contributed by atoms with Gasteiger partial charge in [0.1, 0.15) is 0 Å². The lowest BCUT2D eigenvalue weighted by atomic mass is 10.0. The van der Waals surface area contributed by atoms with Crippen molar-refractivity contribution in [2.75, 3.05) is 16.2 Å². The van der Waals surface area contributed by atoms with Crippen LogP contribution in [0.2, 0.25) is 0 Å². The second kappa shape index (κ2) is 5.96. The third kappa shape index (κ3) is 3.99. The minimum atomic E-state index is -3.42. The van der Waals surface area contributed by atoms with Crippen LogP contribution in [0.4, 0.5) is 11.4 Å². The van der Waals surface area contributed by atoms with Crippen LogP contribution in [0.25, 0.3) is 0 Å². The summed E-state index contributed by atoms with van der Waals surface area (Å²) in [4.78, 5) is 4.14. The van der Waals surface area contributed by atoms with Gasteiger partial charge in [-0.3, -0.25) is 9.71 Å². The van der Waals surface area contributed by atoms with Crippen LogP contribution in [-0.2, 0) is 16.4 Å². The second-order valence-electron chi connectivity index (χ2n) is 4.57. The van der Waals surface area contributed by atoms with E-state index in [1.807, 2.05) is 20.0 Å². The van der Waals surface area contributed by atoms with Crippen molar-refractivity contribution in [1.29, 1.82) is 0 Å². The molecule has 0 aliphatic heterocycles. The number of rotatable bonds is 5. The number of aromatic nitrogens is 1. The van der Waals surface area contributed by atoms with Crippen molar-refractivity contribution in [3.05, 3.63) is 48.2 Å². The Labute approximate surface area is 119 Å². The van der Waals surface area contributed by atoms with E-state index in [0.29, 0.717) is 17.8 Å². The fourth-order valence-corrected chi connectivity index (χ4v) is 2.83. The maximum atomic E-state index is 12.0. The standard InChI is InChI=1S/C13H16BN3O2S/c14-13-6-5-10(9-16-13)7-8-20(18,19)17-12-4-2-1-3-11(12)15/h1-6,9,17H,7-8,14-15H2. The van der Waals surface area contributed by atoms with Gasteiger partial charge < -0.3 is 5.73 Å². The molecule has 0 saturated carbocycles. The second-order valence-corrected chi connectivity index (χ2v) is 6.41. The monoisotopic (exact) mass is 289 g/mol. The van der Waals surface area contributed by atoms with Gasteiger partial charge >= 0.3 is 0 Å². The number of nitrogens with two attached hydrogens (primary N) is 1. The van der Waals surface area contributed by atoms with Crippen molar-refractivity contribution < 1.29 is 8.42 Å². The number of hydrogen-bond donors (Lipinski definition) is 2. The molecule has 1 aromatic carbocycles. The normalized spacial score (nSPS) is 11.2. The molecule has 2 rings (SSSR count). The summed E-state index contributed by atoms with van der Waals surface area (Å²) in [6.45, 7) is 0. The molecule has 0 saturated heterocycles. The smallest absolute Gasteiger partial charge is 0.233 e. The fourth-order valence-electron chi connectivity index (χ4n) is 1.71. The van der Waals surface area contributed by atoms with Crippen LogP contribution in [0.15, 0.2) is 42.6 Å². The van der Waals surface area contributed by atoms with Gasteiger partial charge in [0.05, 0.1) is 17.1 Å². The zero-order valence-corrected chi connectivity index (χ0v) is 12.0. The molecule has 0 radical (unpaired) electrons. The zero-order valence-electron chi connectivity index (χ0n) is 11.2. The SMILES string of the molecule is Bc1ccc(CCS(=O)(=O)Nc2ccccc2N)cn1. The number of para-hydroxylation sites is 2. The van der Waals surface area contributed by atoms with Gasteiger partial charge in [0, 0.05) is 6.20 Å². The van der Waals surface area contributed by atoms with Crippen molar-refractivity contribution in [2.24, 2.45) is 0 Å². The van der Waals surface area contributed by atoms with Crippen LogP contribution >= 0.6 is 0 Å². The molecular formula is C13H16BN3O2S. The number of nitrogens with one attached hydrogen (secondary N) is 1. The molecule has 20 heavy (non-hydrogen) atoms. The minimum absolute atomic E-state index is 0.00786. The first-order chi connectivity index (χ1) is 9.46. The van der Waals surface area contributed by atoms with Crippen LogP contribution in [0.5, 0.6) is 0 Å². The molecule has 0 bridgehead atoms. The number of hydrogen-bond acceptors (Lipinski definition) is 4. The van der Waals surface area contributed by atoms with E-state index in [4.69, 9.17) is 5.73 Å². The average molecular weight is 289 g/mol. The summed E-state index contributed by atoms with van der Waals surface area (Å²) in [6.07, 6.45) is 2.11. The molecule has 104 valence electrons. The van der Waals surface area contributed by atoms with Crippen LogP contribution in [-0.4, -0.2) is 27.0 Å². The van der Waals surface area contributed by atoms with Crippen LogP contribution in [0.1, 0.15) is 5.56 Å². The number of aryl methyl sites for hydroxylation is 1. The van der Waals surface area contributed by atoms with Gasteiger partial charge in [-0.1, -0.05) is 24.3 Å². The van der Waals surface area contributed by atoms with E-state index in [1.165, 1.54) is 0 Å². The number of sulfonamides is 1. The molecule has 1 heterocycles. The molecule has 2 aromatic rings. The van der Waals surface area contributed by atoms with Gasteiger partial charge in [-0.25, -0.2) is 8.42 Å². The topological polar surface area (TPSA) is 85.1 Å². The third-order valence-corrected chi connectivity index (χ3v) is 4.13. The first-order valence-electron chi connectivity index (χ1n) is 6.23. The van der Waals surface area contributed by atoms with E-state index >= 15 is 0 Å². The predicted molar refractivity (Wildman–Crippen MR) is 84.4 cm³/mol. The molecule has 1 aromatic heterocycles. The summed E-state index contributed by atoms with van der Waals surface area (Å²) in [7, 11) is -1.53. The Bertz CT molecular complexity index is 687. The van der Waals surface area contributed by atoms with Crippen LogP contribution in [0.3, 0.4) is 0 Å². The lowest BCUT2D eigenvalue weighted by Gasteiger charge is -2.10. The maximum absolute atomic E-state index is 12.0. The number of nitrogen functional groups attached to an aromatic ring is 1. The Balaban J connectivity index is 2.01. The summed E-state index contributed by atoms with van der Waals surface area (Å²) in [5.41, 5.74) is 8.34. The number of nitrogens with zero attached hydrogens (tertiary/aromatic N) is 1. The number of pyridine rings is 1. The van der Waals surface area contributed by atoms with E-state index in [9.17, 15) is 8.42 Å². The first-order valence-corrected chi connectivity index (χ1v) is 7.88. The maximum Gasteiger partial charge on any atom is 0.233 e. The van der Waals surface area contributed by atoms with Crippen LogP contribution in [0, 0.1) is 0 Å². The molecule has 0 amide bonds. The molecule has 0 aliphatic rings. The largest absolute Gasteiger partial charge is 0.397 e. The van der Waals surface area contributed by atoms with Crippen molar-refractivity contribution >= 4 is 34.8 Å². The molecule has 5 nitrogen and oxygen atoms in total. The van der Waals surface area contributed by atoms with Crippen LogP contribution < -0.4 is 16.0 Å². The van der Waals surface area contributed by atoms with E-state index in [-0.39, 0.29) is 5.75 Å². The lowest BCUT2D eigenvalue weighted by molar-refractivity contribution is 0.600. The highest BCUT2D eigenvalue weighted by atomic mass is 32.2. The van der Waals surface area contributed by atoms with E-state index in [1.54, 1.807) is 30.5 Å². The zero-order chi connectivity index (χ0) is 14.6. The molecule has 7 heteroatoms. The Hall–Kier alpha value is -2.02. The van der Waals surface area contributed by atoms with Gasteiger partial charge in [-0.05, 0) is 29.7 Å². The van der Waals surface area contributed by atoms with Gasteiger partial charge in [0.2, 0.25) is 10.0 Å². The van der Waals surface area contributed by atoms with Crippen molar-refractivity contribution in [3.8, 4) is 0 Å². The number of benzene rings is 1. The quantitative estimate of drug-likeness (QED) is 0.595. The molecule has 0 unspecified atom stereocenters.